The van der Waals surface area contributed by atoms with Gasteiger partial charge >= 0.3 is 0 Å². The maximum Gasteiger partial charge on any atom is 0.246 e. The van der Waals surface area contributed by atoms with E-state index >= 15 is 0 Å². The first-order valence-corrected chi connectivity index (χ1v) is 8.30. The molecule has 0 fully saturated rings. The van der Waals surface area contributed by atoms with Gasteiger partial charge in [0.05, 0.1) is 0 Å². The van der Waals surface area contributed by atoms with Crippen molar-refractivity contribution < 1.29 is 8.42 Å². The molecule has 1 unspecified atom stereocenters. The van der Waals surface area contributed by atoms with Crippen molar-refractivity contribution in [2.45, 2.75) is 37.8 Å². The average Bonchev–Trinajstić information content (AvgIpc) is 2.81. The summed E-state index contributed by atoms with van der Waals surface area (Å²) in [6.07, 6.45) is 2.06. The molecule has 0 spiro atoms. The molecule has 2 rings (SSSR count). The summed E-state index contributed by atoms with van der Waals surface area (Å²) in [6, 6.07) is 9.49. The van der Waals surface area contributed by atoms with E-state index in [2.05, 4.69) is 9.82 Å². The van der Waals surface area contributed by atoms with Gasteiger partial charge in [-0.05, 0) is 25.8 Å². The maximum absolute atomic E-state index is 12.3. The number of hydrogen-bond donors (Lipinski definition) is 2. The number of nitrogens with zero attached hydrogens (tertiary/aromatic N) is 2. The zero-order valence-corrected chi connectivity index (χ0v) is 13.0. The van der Waals surface area contributed by atoms with E-state index in [1.807, 2.05) is 44.2 Å². The molecule has 1 aromatic carbocycles. The predicted octanol–water partition coefficient (Wildman–Crippen LogP) is 1.39. The summed E-state index contributed by atoms with van der Waals surface area (Å²) in [6.45, 7) is 4.26. The largest absolute Gasteiger partial charge is 0.381 e. The number of nitrogen functional groups attached to an aromatic ring is 1. The topological polar surface area (TPSA) is 90.0 Å². The van der Waals surface area contributed by atoms with Crippen molar-refractivity contribution in [1.29, 1.82) is 0 Å². The summed E-state index contributed by atoms with van der Waals surface area (Å²) in [5.41, 5.74) is 6.75. The van der Waals surface area contributed by atoms with Gasteiger partial charge in [0.15, 0.2) is 5.82 Å². The molecule has 1 atom stereocenters. The SMILES string of the molecule is CCn1cc(S(=O)(=O)NC(C)Cc2ccccc2)c(N)n1. The van der Waals surface area contributed by atoms with Gasteiger partial charge in [-0.3, -0.25) is 4.68 Å². The highest BCUT2D eigenvalue weighted by atomic mass is 32.2. The summed E-state index contributed by atoms with van der Waals surface area (Å²) in [4.78, 5) is 0.0317. The summed E-state index contributed by atoms with van der Waals surface area (Å²) in [5.74, 6) is 0.0243. The van der Waals surface area contributed by atoms with E-state index in [0.29, 0.717) is 13.0 Å². The molecule has 2 aromatic rings. The van der Waals surface area contributed by atoms with E-state index in [9.17, 15) is 8.42 Å². The van der Waals surface area contributed by atoms with Gasteiger partial charge in [0.25, 0.3) is 0 Å². The van der Waals surface area contributed by atoms with Crippen LogP contribution in [0.15, 0.2) is 41.4 Å². The van der Waals surface area contributed by atoms with E-state index in [1.165, 1.54) is 10.9 Å². The van der Waals surface area contributed by atoms with Gasteiger partial charge in [-0.1, -0.05) is 30.3 Å². The number of benzene rings is 1. The number of rotatable bonds is 6. The second-order valence-electron chi connectivity index (χ2n) is 4.95. The molecule has 0 aliphatic heterocycles. The minimum absolute atomic E-state index is 0.0243. The van der Waals surface area contributed by atoms with Crippen LogP contribution in [0.3, 0.4) is 0 Å². The third-order valence-electron chi connectivity index (χ3n) is 3.11. The highest BCUT2D eigenvalue weighted by Gasteiger charge is 2.23. The smallest absolute Gasteiger partial charge is 0.246 e. The van der Waals surface area contributed by atoms with Crippen molar-refractivity contribution in [3.8, 4) is 0 Å². The molecule has 1 aromatic heterocycles. The standard InChI is InChI=1S/C14H20N4O2S/c1-3-18-10-13(14(15)16-18)21(19,20)17-11(2)9-12-7-5-4-6-8-12/h4-8,10-11,17H,3,9H2,1-2H3,(H2,15,16). The second-order valence-corrected chi connectivity index (χ2v) is 6.63. The predicted molar refractivity (Wildman–Crippen MR) is 82.2 cm³/mol. The highest BCUT2D eigenvalue weighted by molar-refractivity contribution is 7.89. The molecular formula is C14H20N4O2S. The Morgan fingerprint density at radius 1 is 1.33 bits per heavy atom. The molecule has 6 nitrogen and oxygen atoms in total. The van der Waals surface area contributed by atoms with Gasteiger partial charge in [-0.2, -0.15) is 5.10 Å². The van der Waals surface area contributed by atoms with Crippen molar-refractivity contribution in [1.82, 2.24) is 14.5 Å². The molecular weight excluding hydrogens is 288 g/mol. The molecule has 7 heteroatoms. The zero-order chi connectivity index (χ0) is 15.5. The van der Waals surface area contributed by atoms with Crippen molar-refractivity contribution in [2.24, 2.45) is 0 Å². The lowest BCUT2D eigenvalue weighted by molar-refractivity contribution is 0.559. The molecule has 0 saturated heterocycles. The van der Waals surface area contributed by atoms with Gasteiger partial charge in [0.1, 0.15) is 4.90 Å². The number of aryl methyl sites for hydroxylation is 1. The molecule has 0 aliphatic rings. The van der Waals surface area contributed by atoms with Crippen LogP contribution >= 0.6 is 0 Å². The Hall–Kier alpha value is -1.86. The average molecular weight is 308 g/mol. The van der Waals surface area contributed by atoms with E-state index < -0.39 is 10.0 Å². The molecule has 0 bridgehead atoms. The van der Waals surface area contributed by atoms with E-state index in [-0.39, 0.29) is 16.8 Å². The second kappa shape index (κ2) is 6.28. The van der Waals surface area contributed by atoms with Crippen LogP contribution in [0.1, 0.15) is 19.4 Å². The van der Waals surface area contributed by atoms with Crippen LogP contribution in [0.5, 0.6) is 0 Å². The lowest BCUT2D eigenvalue weighted by Gasteiger charge is -2.13. The monoisotopic (exact) mass is 308 g/mol. The minimum atomic E-state index is -3.66. The third-order valence-corrected chi connectivity index (χ3v) is 4.72. The summed E-state index contributed by atoms with van der Waals surface area (Å²) >= 11 is 0. The van der Waals surface area contributed by atoms with E-state index in [0.717, 1.165) is 5.56 Å². The van der Waals surface area contributed by atoms with Crippen LogP contribution in [0, 0.1) is 0 Å². The van der Waals surface area contributed by atoms with Crippen LogP contribution < -0.4 is 10.5 Å². The first-order chi connectivity index (χ1) is 9.92. The Kier molecular flexibility index (Phi) is 4.64. The minimum Gasteiger partial charge on any atom is -0.381 e. The molecule has 3 N–H and O–H groups in total. The number of aromatic nitrogens is 2. The quantitative estimate of drug-likeness (QED) is 0.844. The summed E-state index contributed by atoms with van der Waals surface area (Å²) < 4.78 is 28.8. The molecule has 1 heterocycles. The molecule has 0 aliphatic carbocycles. The zero-order valence-electron chi connectivity index (χ0n) is 12.2. The number of sulfonamides is 1. The number of nitrogens with two attached hydrogens (primary N) is 1. The van der Waals surface area contributed by atoms with E-state index in [4.69, 9.17) is 5.73 Å². The Labute approximate surface area is 125 Å². The Bertz CT molecular complexity index is 695. The van der Waals surface area contributed by atoms with Gasteiger partial charge in [0.2, 0.25) is 10.0 Å². The Morgan fingerprint density at radius 3 is 2.57 bits per heavy atom. The normalized spacial score (nSPS) is 13.2. The molecule has 0 radical (unpaired) electrons. The van der Waals surface area contributed by atoms with Crippen LogP contribution in [-0.2, 0) is 23.0 Å². The number of nitrogens with one attached hydrogen (secondary N) is 1. The van der Waals surface area contributed by atoms with Crippen LogP contribution in [0.2, 0.25) is 0 Å². The van der Waals surface area contributed by atoms with Gasteiger partial charge in [-0.25, -0.2) is 13.1 Å². The van der Waals surface area contributed by atoms with E-state index in [1.54, 1.807) is 0 Å². The fourth-order valence-corrected chi connectivity index (χ4v) is 3.44. The third kappa shape index (κ3) is 3.83. The van der Waals surface area contributed by atoms with Crippen molar-refractivity contribution in [2.75, 3.05) is 5.73 Å². The summed E-state index contributed by atoms with van der Waals surface area (Å²) in [7, 11) is -3.66. The number of hydrogen-bond acceptors (Lipinski definition) is 4. The summed E-state index contributed by atoms with van der Waals surface area (Å²) in [5, 5.41) is 3.96. The molecule has 114 valence electrons. The van der Waals surface area contributed by atoms with Gasteiger partial charge in [-0.15, -0.1) is 0 Å². The van der Waals surface area contributed by atoms with Crippen molar-refractivity contribution in [3.63, 3.8) is 0 Å². The van der Waals surface area contributed by atoms with Crippen molar-refractivity contribution in [3.05, 3.63) is 42.1 Å². The maximum atomic E-state index is 12.3. The van der Waals surface area contributed by atoms with Crippen LogP contribution in [-0.4, -0.2) is 24.2 Å². The molecule has 0 saturated carbocycles. The lowest BCUT2D eigenvalue weighted by atomic mass is 10.1. The Morgan fingerprint density at radius 2 is 2.00 bits per heavy atom. The highest BCUT2D eigenvalue weighted by Crippen LogP contribution is 2.17. The fraction of sp³-hybridized carbons (Fsp3) is 0.357. The Balaban J connectivity index is 2.11. The first kappa shape index (κ1) is 15.5. The first-order valence-electron chi connectivity index (χ1n) is 6.81. The lowest BCUT2D eigenvalue weighted by Crippen LogP contribution is -2.34. The van der Waals surface area contributed by atoms with Crippen LogP contribution in [0.25, 0.3) is 0 Å². The molecule has 21 heavy (non-hydrogen) atoms. The van der Waals surface area contributed by atoms with Crippen LogP contribution in [0.4, 0.5) is 5.82 Å². The van der Waals surface area contributed by atoms with Gasteiger partial charge < -0.3 is 5.73 Å². The van der Waals surface area contributed by atoms with Gasteiger partial charge in [0, 0.05) is 18.8 Å². The number of anilines is 1. The molecule has 0 amide bonds. The fourth-order valence-electron chi connectivity index (χ4n) is 2.12. The van der Waals surface area contributed by atoms with Crippen molar-refractivity contribution >= 4 is 15.8 Å².